The highest BCUT2D eigenvalue weighted by Crippen LogP contribution is 2.26. The van der Waals surface area contributed by atoms with Gasteiger partial charge in [0.1, 0.15) is 0 Å². The van der Waals surface area contributed by atoms with Crippen LogP contribution in [0.2, 0.25) is 0 Å². The normalized spacial score (nSPS) is 22.7. The van der Waals surface area contributed by atoms with Gasteiger partial charge in [0.25, 0.3) is 0 Å². The van der Waals surface area contributed by atoms with Gasteiger partial charge in [-0.25, -0.2) is 0 Å². The molecule has 0 saturated heterocycles. The molecule has 0 bridgehead atoms. The topological polar surface area (TPSA) is 50.1 Å². The summed E-state index contributed by atoms with van der Waals surface area (Å²) < 4.78 is 2.06. The van der Waals surface area contributed by atoms with E-state index < -0.39 is 0 Å². The lowest BCUT2D eigenvalue weighted by molar-refractivity contribution is 0.205. The van der Waals surface area contributed by atoms with Crippen molar-refractivity contribution in [1.29, 1.82) is 0 Å². The molecule has 0 amide bonds. The Morgan fingerprint density at radius 2 is 2.20 bits per heavy atom. The van der Waals surface area contributed by atoms with Gasteiger partial charge < -0.3 is 10.4 Å². The number of nitrogens with zero attached hydrogens (tertiary/aromatic N) is 2. The van der Waals surface area contributed by atoms with Gasteiger partial charge in [0, 0.05) is 31.1 Å². The van der Waals surface area contributed by atoms with Gasteiger partial charge in [-0.3, -0.25) is 4.68 Å². The molecule has 1 aliphatic carbocycles. The maximum atomic E-state index is 9.39. The van der Waals surface area contributed by atoms with Crippen molar-refractivity contribution < 1.29 is 5.11 Å². The molecule has 1 saturated carbocycles. The van der Waals surface area contributed by atoms with Gasteiger partial charge in [0.05, 0.1) is 11.2 Å². The standard InChI is InChI=1S/C16H23N3O/c1-2-19-16-9-4-3-7-13(16)15(18-19)10-17-14-8-5-6-12(14)11-20/h3-4,7,9,12,14,17,20H,2,5-6,8,10-11H2,1H3. The summed E-state index contributed by atoms with van der Waals surface area (Å²) in [5.74, 6) is 0.412. The minimum Gasteiger partial charge on any atom is -0.396 e. The fourth-order valence-electron chi connectivity index (χ4n) is 3.32. The zero-order valence-corrected chi connectivity index (χ0v) is 12.0. The summed E-state index contributed by atoms with van der Waals surface area (Å²) in [6.45, 7) is 4.09. The molecule has 3 rings (SSSR count). The van der Waals surface area contributed by atoms with E-state index in [0.717, 1.165) is 31.6 Å². The quantitative estimate of drug-likeness (QED) is 0.879. The Labute approximate surface area is 119 Å². The molecule has 1 heterocycles. The second kappa shape index (κ2) is 5.94. The van der Waals surface area contributed by atoms with E-state index in [1.807, 2.05) is 0 Å². The van der Waals surface area contributed by atoms with Crippen LogP contribution in [0.3, 0.4) is 0 Å². The average molecular weight is 273 g/mol. The van der Waals surface area contributed by atoms with Gasteiger partial charge in [-0.05, 0) is 31.7 Å². The number of aryl methyl sites for hydroxylation is 1. The van der Waals surface area contributed by atoms with Crippen LogP contribution in [0.25, 0.3) is 10.9 Å². The lowest BCUT2D eigenvalue weighted by atomic mass is 10.0. The summed E-state index contributed by atoms with van der Waals surface area (Å²) in [4.78, 5) is 0. The Morgan fingerprint density at radius 1 is 1.35 bits per heavy atom. The van der Waals surface area contributed by atoms with Gasteiger partial charge in [-0.2, -0.15) is 5.10 Å². The molecule has 4 nitrogen and oxygen atoms in total. The summed E-state index contributed by atoms with van der Waals surface area (Å²) in [6, 6.07) is 8.84. The van der Waals surface area contributed by atoms with E-state index in [2.05, 4.69) is 41.2 Å². The number of nitrogens with one attached hydrogen (secondary N) is 1. The fraction of sp³-hybridized carbons (Fsp3) is 0.562. The molecule has 0 spiro atoms. The third-order valence-corrected chi connectivity index (χ3v) is 4.46. The minimum absolute atomic E-state index is 0.293. The lowest BCUT2D eigenvalue weighted by Crippen LogP contribution is -2.33. The zero-order chi connectivity index (χ0) is 13.9. The van der Waals surface area contributed by atoms with Crippen molar-refractivity contribution >= 4 is 10.9 Å². The Bertz CT molecular complexity index is 578. The third-order valence-electron chi connectivity index (χ3n) is 4.46. The number of aliphatic hydroxyl groups excluding tert-OH is 1. The molecule has 1 aliphatic rings. The van der Waals surface area contributed by atoms with E-state index in [1.165, 1.54) is 17.3 Å². The van der Waals surface area contributed by atoms with Crippen LogP contribution < -0.4 is 5.32 Å². The van der Waals surface area contributed by atoms with Gasteiger partial charge >= 0.3 is 0 Å². The van der Waals surface area contributed by atoms with Gasteiger partial charge in [-0.15, -0.1) is 0 Å². The van der Waals surface area contributed by atoms with Crippen LogP contribution in [0.4, 0.5) is 0 Å². The van der Waals surface area contributed by atoms with Gasteiger partial charge in [0.2, 0.25) is 0 Å². The van der Waals surface area contributed by atoms with E-state index in [-0.39, 0.29) is 0 Å². The number of rotatable bonds is 5. The number of aromatic nitrogens is 2. The molecule has 1 aromatic carbocycles. The van der Waals surface area contributed by atoms with Crippen molar-refractivity contribution in [1.82, 2.24) is 15.1 Å². The molecule has 4 heteroatoms. The molecule has 2 aromatic rings. The zero-order valence-electron chi connectivity index (χ0n) is 12.0. The highest BCUT2D eigenvalue weighted by atomic mass is 16.3. The van der Waals surface area contributed by atoms with Crippen LogP contribution >= 0.6 is 0 Å². The number of aliphatic hydroxyl groups is 1. The van der Waals surface area contributed by atoms with E-state index >= 15 is 0 Å². The molecular weight excluding hydrogens is 250 g/mol. The minimum atomic E-state index is 0.293. The first-order valence-electron chi connectivity index (χ1n) is 7.62. The fourth-order valence-corrected chi connectivity index (χ4v) is 3.32. The summed E-state index contributed by atoms with van der Waals surface area (Å²) in [6.07, 6.45) is 3.52. The molecule has 1 aromatic heterocycles. The van der Waals surface area contributed by atoms with E-state index in [4.69, 9.17) is 5.10 Å². The van der Waals surface area contributed by atoms with Crippen LogP contribution in [0, 0.1) is 5.92 Å². The van der Waals surface area contributed by atoms with Crippen molar-refractivity contribution in [3.8, 4) is 0 Å². The molecule has 0 aliphatic heterocycles. The third kappa shape index (κ3) is 2.45. The van der Waals surface area contributed by atoms with Crippen LogP contribution in [0.15, 0.2) is 24.3 Å². The first-order chi connectivity index (χ1) is 9.83. The van der Waals surface area contributed by atoms with Crippen molar-refractivity contribution in [2.45, 2.75) is 45.3 Å². The molecular formula is C16H23N3O. The van der Waals surface area contributed by atoms with Crippen LogP contribution in [-0.4, -0.2) is 27.5 Å². The van der Waals surface area contributed by atoms with E-state index in [9.17, 15) is 5.11 Å². The largest absolute Gasteiger partial charge is 0.396 e. The lowest BCUT2D eigenvalue weighted by Gasteiger charge is -2.18. The summed E-state index contributed by atoms with van der Waals surface area (Å²) in [7, 11) is 0. The number of hydrogen-bond donors (Lipinski definition) is 2. The molecule has 0 radical (unpaired) electrons. The highest BCUT2D eigenvalue weighted by molar-refractivity contribution is 5.81. The van der Waals surface area contributed by atoms with E-state index in [1.54, 1.807) is 0 Å². The number of benzene rings is 1. The van der Waals surface area contributed by atoms with E-state index in [0.29, 0.717) is 18.6 Å². The average Bonchev–Trinajstić information content (AvgIpc) is 3.09. The van der Waals surface area contributed by atoms with Crippen LogP contribution in [-0.2, 0) is 13.1 Å². The first-order valence-corrected chi connectivity index (χ1v) is 7.62. The number of fused-ring (bicyclic) bond motifs is 1. The predicted molar refractivity (Wildman–Crippen MR) is 80.5 cm³/mol. The Kier molecular flexibility index (Phi) is 4.03. The summed E-state index contributed by atoms with van der Waals surface area (Å²) in [5, 5.41) is 18.9. The molecule has 108 valence electrons. The number of hydrogen-bond acceptors (Lipinski definition) is 3. The van der Waals surface area contributed by atoms with Crippen molar-refractivity contribution in [2.75, 3.05) is 6.61 Å². The summed E-state index contributed by atoms with van der Waals surface area (Å²) in [5.41, 5.74) is 2.32. The smallest absolute Gasteiger partial charge is 0.0841 e. The second-order valence-electron chi connectivity index (χ2n) is 5.64. The maximum absolute atomic E-state index is 9.39. The molecule has 2 unspecified atom stereocenters. The SMILES string of the molecule is CCn1nc(CNC2CCCC2CO)c2ccccc21. The van der Waals surface area contributed by atoms with Gasteiger partial charge in [0.15, 0.2) is 0 Å². The van der Waals surface area contributed by atoms with Crippen LogP contribution in [0.5, 0.6) is 0 Å². The van der Waals surface area contributed by atoms with Crippen molar-refractivity contribution in [3.63, 3.8) is 0 Å². The number of para-hydroxylation sites is 1. The Morgan fingerprint density at radius 3 is 3.00 bits per heavy atom. The van der Waals surface area contributed by atoms with Crippen molar-refractivity contribution in [3.05, 3.63) is 30.0 Å². The Hall–Kier alpha value is -1.39. The molecule has 20 heavy (non-hydrogen) atoms. The second-order valence-corrected chi connectivity index (χ2v) is 5.64. The summed E-state index contributed by atoms with van der Waals surface area (Å²) >= 11 is 0. The predicted octanol–water partition coefficient (Wildman–Crippen LogP) is 2.31. The highest BCUT2D eigenvalue weighted by Gasteiger charge is 2.26. The van der Waals surface area contributed by atoms with Crippen molar-refractivity contribution in [2.24, 2.45) is 5.92 Å². The Balaban J connectivity index is 1.77. The molecule has 1 fully saturated rings. The first kappa shape index (κ1) is 13.6. The maximum Gasteiger partial charge on any atom is 0.0841 e. The van der Waals surface area contributed by atoms with Crippen LogP contribution in [0.1, 0.15) is 31.9 Å². The van der Waals surface area contributed by atoms with Gasteiger partial charge in [-0.1, -0.05) is 24.6 Å². The molecule has 2 atom stereocenters. The monoisotopic (exact) mass is 273 g/mol. The molecule has 2 N–H and O–H groups in total.